The maximum atomic E-state index is 12.3. The lowest BCUT2D eigenvalue weighted by molar-refractivity contribution is -0.141. The van der Waals surface area contributed by atoms with Crippen LogP contribution in [-0.4, -0.2) is 15.6 Å². The molecule has 0 bridgehead atoms. The van der Waals surface area contributed by atoms with Gasteiger partial charge < -0.3 is 0 Å². The second-order valence-electron chi connectivity index (χ2n) is 3.83. The standard InChI is InChI=1S/C12H8BrF3N2O/c13-9-3-1-8(2-4-9)10(19)7-18-6-5-11(17-18)12(14,15)16/h1-6H,7H2. The van der Waals surface area contributed by atoms with Crippen LogP contribution in [-0.2, 0) is 12.7 Å². The van der Waals surface area contributed by atoms with Crippen LogP contribution >= 0.6 is 15.9 Å². The number of aromatic nitrogens is 2. The average molecular weight is 333 g/mol. The summed E-state index contributed by atoms with van der Waals surface area (Å²) in [5, 5.41) is 3.33. The number of halogens is 4. The molecular formula is C12H8BrF3N2O. The van der Waals surface area contributed by atoms with Crippen LogP contribution in [0.4, 0.5) is 13.2 Å². The van der Waals surface area contributed by atoms with E-state index in [1.165, 1.54) is 0 Å². The van der Waals surface area contributed by atoms with Gasteiger partial charge in [-0.2, -0.15) is 18.3 Å². The number of alkyl halides is 3. The number of ketones is 1. The van der Waals surface area contributed by atoms with Crippen LogP contribution in [0, 0.1) is 0 Å². The summed E-state index contributed by atoms with van der Waals surface area (Å²) in [5.74, 6) is -0.302. The second-order valence-corrected chi connectivity index (χ2v) is 4.74. The van der Waals surface area contributed by atoms with E-state index >= 15 is 0 Å². The molecule has 0 saturated heterocycles. The quantitative estimate of drug-likeness (QED) is 0.806. The number of carbonyl (C=O) groups is 1. The predicted molar refractivity (Wildman–Crippen MR) is 65.7 cm³/mol. The van der Waals surface area contributed by atoms with Gasteiger partial charge in [0.15, 0.2) is 11.5 Å². The highest BCUT2D eigenvalue weighted by Gasteiger charge is 2.33. The van der Waals surface area contributed by atoms with Crippen molar-refractivity contribution in [2.24, 2.45) is 0 Å². The zero-order valence-corrected chi connectivity index (χ0v) is 11.1. The van der Waals surface area contributed by atoms with Gasteiger partial charge in [-0.15, -0.1) is 0 Å². The summed E-state index contributed by atoms with van der Waals surface area (Å²) in [6.07, 6.45) is -3.36. The first-order valence-electron chi connectivity index (χ1n) is 5.26. The molecule has 7 heteroatoms. The van der Waals surface area contributed by atoms with Gasteiger partial charge in [-0.3, -0.25) is 9.48 Å². The van der Waals surface area contributed by atoms with Gasteiger partial charge in [0.1, 0.15) is 6.54 Å². The third-order valence-corrected chi connectivity index (χ3v) is 2.93. The fourth-order valence-electron chi connectivity index (χ4n) is 1.48. The largest absolute Gasteiger partial charge is 0.435 e. The number of carbonyl (C=O) groups excluding carboxylic acids is 1. The van der Waals surface area contributed by atoms with Crippen molar-refractivity contribution in [3.8, 4) is 0 Å². The Hall–Kier alpha value is -1.63. The lowest BCUT2D eigenvalue weighted by atomic mass is 10.1. The van der Waals surface area contributed by atoms with Crippen molar-refractivity contribution in [2.75, 3.05) is 0 Å². The van der Waals surface area contributed by atoms with Crippen molar-refractivity contribution in [1.82, 2.24) is 9.78 Å². The van der Waals surface area contributed by atoms with Gasteiger partial charge in [-0.05, 0) is 18.2 Å². The smallest absolute Gasteiger partial charge is 0.292 e. The van der Waals surface area contributed by atoms with E-state index in [1.54, 1.807) is 24.3 Å². The zero-order valence-electron chi connectivity index (χ0n) is 9.49. The molecule has 0 N–H and O–H groups in total. The van der Waals surface area contributed by atoms with Crippen LogP contribution in [0.5, 0.6) is 0 Å². The maximum absolute atomic E-state index is 12.3. The van der Waals surface area contributed by atoms with Crippen molar-refractivity contribution in [3.05, 3.63) is 52.3 Å². The van der Waals surface area contributed by atoms with Gasteiger partial charge >= 0.3 is 6.18 Å². The van der Waals surface area contributed by atoms with E-state index in [0.717, 1.165) is 21.4 Å². The maximum Gasteiger partial charge on any atom is 0.435 e. The highest BCUT2D eigenvalue weighted by molar-refractivity contribution is 9.10. The van der Waals surface area contributed by atoms with Gasteiger partial charge in [0.25, 0.3) is 0 Å². The van der Waals surface area contributed by atoms with Crippen LogP contribution in [0.2, 0.25) is 0 Å². The average Bonchev–Trinajstić information content (AvgIpc) is 2.78. The summed E-state index contributed by atoms with van der Waals surface area (Å²) >= 11 is 3.23. The fraction of sp³-hybridized carbons (Fsp3) is 0.167. The highest BCUT2D eigenvalue weighted by atomic mass is 79.9. The molecule has 0 spiro atoms. The Kier molecular flexibility index (Phi) is 3.75. The molecule has 0 saturated carbocycles. The van der Waals surface area contributed by atoms with Crippen LogP contribution in [0.15, 0.2) is 41.0 Å². The molecule has 0 aliphatic carbocycles. The third kappa shape index (κ3) is 3.44. The van der Waals surface area contributed by atoms with Gasteiger partial charge in [0.2, 0.25) is 0 Å². The molecule has 0 aliphatic heterocycles. The Labute approximate surface area is 115 Å². The van der Waals surface area contributed by atoms with E-state index in [4.69, 9.17) is 0 Å². The minimum Gasteiger partial charge on any atom is -0.292 e. The van der Waals surface area contributed by atoms with Crippen molar-refractivity contribution in [2.45, 2.75) is 12.7 Å². The molecule has 0 unspecified atom stereocenters. The molecule has 0 fully saturated rings. The minimum absolute atomic E-state index is 0.224. The van der Waals surface area contributed by atoms with Crippen LogP contribution in [0.3, 0.4) is 0 Å². The van der Waals surface area contributed by atoms with Gasteiger partial charge in [0.05, 0.1) is 0 Å². The van der Waals surface area contributed by atoms with Gasteiger partial charge in [-0.1, -0.05) is 28.1 Å². The summed E-state index contributed by atoms with van der Waals surface area (Å²) in [4.78, 5) is 11.8. The van der Waals surface area contributed by atoms with Gasteiger partial charge in [0, 0.05) is 16.2 Å². The summed E-state index contributed by atoms with van der Waals surface area (Å²) < 4.78 is 38.8. The molecule has 0 amide bonds. The SMILES string of the molecule is O=C(Cn1ccc(C(F)(F)F)n1)c1ccc(Br)cc1. The monoisotopic (exact) mass is 332 g/mol. The molecule has 2 aromatic rings. The van der Waals surface area contributed by atoms with E-state index in [-0.39, 0.29) is 12.3 Å². The normalized spacial score (nSPS) is 11.6. The Balaban J connectivity index is 2.11. The predicted octanol–water partition coefficient (Wildman–Crippen LogP) is 3.55. The van der Waals surface area contributed by atoms with Gasteiger partial charge in [-0.25, -0.2) is 0 Å². The van der Waals surface area contributed by atoms with Crippen LogP contribution in [0.1, 0.15) is 16.1 Å². The van der Waals surface area contributed by atoms with Crippen molar-refractivity contribution < 1.29 is 18.0 Å². The molecule has 0 atom stereocenters. The summed E-state index contributed by atoms with van der Waals surface area (Å²) in [6, 6.07) is 7.42. The second kappa shape index (κ2) is 5.16. The van der Waals surface area contributed by atoms with Crippen molar-refractivity contribution in [1.29, 1.82) is 0 Å². The number of nitrogens with zero attached hydrogens (tertiary/aromatic N) is 2. The number of Topliss-reactive ketones (excluding diaryl/α,β-unsaturated/α-hetero) is 1. The van der Waals surface area contributed by atoms with E-state index in [0.29, 0.717) is 5.56 Å². The lowest BCUT2D eigenvalue weighted by Crippen LogP contribution is -2.13. The summed E-state index contributed by atoms with van der Waals surface area (Å²) in [7, 11) is 0. The first-order chi connectivity index (χ1) is 8.86. The van der Waals surface area contributed by atoms with E-state index < -0.39 is 11.9 Å². The minimum atomic E-state index is -4.49. The first kappa shape index (κ1) is 13.8. The summed E-state index contributed by atoms with van der Waals surface area (Å²) in [6.45, 7) is -0.224. The number of benzene rings is 1. The Bertz CT molecular complexity index is 590. The molecule has 1 aromatic heterocycles. The number of hydrogen-bond donors (Lipinski definition) is 0. The molecule has 19 heavy (non-hydrogen) atoms. The fourth-order valence-corrected chi connectivity index (χ4v) is 1.74. The van der Waals surface area contributed by atoms with Crippen LogP contribution in [0.25, 0.3) is 0 Å². The summed E-state index contributed by atoms with van der Waals surface area (Å²) in [5.41, 5.74) is -0.580. The molecule has 1 heterocycles. The molecule has 0 aliphatic rings. The first-order valence-corrected chi connectivity index (χ1v) is 6.05. The topological polar surface area (TPSA) is 34.9 Å². The lowest BCUT2D eigenvalue weighted by Gasteiger charge is -2.03. The Morgan fingerprint density at radius 1 is 1.21 bits per heavy atom. The number of rotatable bonds is 3. The van der Waals surface area contributed by atoms with E-state index in [9.17, 15) is 18.0 Å². The highest BCUT2D eigenvalue weighted by Crippen LogP contribution is 2.27. The Morgan fingerprint density at radius 3 is 2.37 bits per heavy atom. The molecule has 0 radical (unpaired) electrons. The van der Waals surface area contributed by atoms with Crippen molar-refractivity contribution >= 4 is 21.7 Å². The molecule has 3 nitrogen and oxygen atoms in total. The van der Waals surface area contributed by atoms with E-state index in [2.05, 4.69) is 21.0 Å². The molecule has 100 valence electrons. The molecular weight excluding hydrogens is 325 g/mol. The molecule has 1 aromatic carbocycles. The zero-order chi connectivity index (χ0) is 14.0. The Morgan fingerprint density at radius 2 is 1.84 bits per heavy atom. The van der Waals surface area contributed by atoms with Crippen LogP contribution < -0.4 is 0 Å². The van der Waals surface area contributed by atoms with Crippen molar-refractivity contribution in [3.63, 3.8) is 0 Å². The van der Waals surface area contributed by atoms with E-state index in [1.807, 2.05) is 0 Å². The molecule has 2 rings (SSSR count). The number of hydrogen-bond acceptors (Lipinski definition) is 2. The third-order valence-electron chi connectivity index (χ3n) is 2.40.